The third-order valence-electron chi connectivity index (χ3n) is 5.60. The van der Waals surface area contributed by atoms with E-state index in [1.165, 1.54) is 16.8 Å². The fourth-order valence-corrected chi connectivity index (χ4v) is 4.57. The number of aromatic nitrogens is 2. The summed E-state index contributed by atoms with van der Waals surface area (Å²) in [5, 5.41) is 1.76. The molecule has 0 radical (unpaired) electrons. The molecular weight excluding hydrogens is 505 g/mol. The summed E-state index contributed by atoms with van der Waals surface area (Å²) >= 11 is 0. The van der Waals surface area contributed by atoms with Crippen LogP contribution in [0.15, 0.2) is 70.4 Å². The molecule has 0 saturated carbocycles. The fourth-order valence-electron chi connectivity index (χ4n) is 4.02. The zero-order chi connectivity index (χ0) is 25.5. The Morgan fingerprint density at radius 1 is 0.946 bits per heavy atom. The number of hydrogen-bond acceptors (Lipinski definition) is 5. The molecule has 0 aliphatic rings. The minimum absolute atomic E-state index is 0. The van der Waals surface area contributed by atoms with E-state index in [-0.39, 0.29) is 40.4 Å². The molecule has 1 aromatic heterocycles. The van der Waals surface area contributed by atoms with E-state index in [0.717, 1.165) is 33.7 Å². The topological polar surface area (TPSA) is 140 Å². The predicted molar refractivity (Wildman–Crippen MR) is 142 cm³/mol. The van der Waals surface area contributed by atoms with Crippen molar-refractivity contribution in [3.63, 3.8) is 0 Å². The first kappa shape index (κ1) is 30.3. The van der Waals surface area contributed by atoms with Gasteiger partial charge in [-0.25, -0.2) is 8.42 Å². The molecule has 0 atom stereocenters. The summed E-state index contributed by atoms with van der Waals surface area (Å²) in [5.74, 6) is 0.678. The maximum absolute atomic E-state index is 12.5. The number of nitrogens with one attached hydrogen (secondary N) is 1. The van der Waals surface area contributed by atoms with Crippen LogP contribution in [-0.4, -0.2) is 31.8 Å². The summed E-state index contributed by atoms with van der Waals surface area (Å²) in [6.07, 6.45) is 2.53. The summed E-state index contributed by atoms with van der Waals surface area (Å²) in [4.78, 5) is 27.5. The van der Waals surface area contributed by atoms with Crippen LogP contribution in [-0.2, 0) is 15.4 Å². The van der Waals surface area contributed by atoms with E-state index in [9.17, 15) is 18.0 Å². The van der Waals surface area contributed by atoms with Crippen molar-refractivity contribution < 1.29 is 48.2 Å². The molecule has 0 spiro atoms. The van der Waals surface area contributed by atoms with Crippen molar-refractivity contribution >= 4 is 26.5 Å². The van der Waals surface area contributed by atoms with Crippen molar-refractivity contribution in [2.24, 2.45) is 0 Å². The summed E-state index contributed by atoms with van der Waals surface area (Å²) in [7, 11) is -1.77. The second-order valence-electron chi connectivity index (χ2n) is 9.39. The molecule has 0 aliphatic carbocycles. The number of methoxy groups -OCH3 is 1. The van der Waals surface area contributed by atoms with Crippen molar-refractivity contribution in [2.75, 3.05) is 18.1 Å². The van der Waals surface area contributed by atoms with Gasteiger partial charge in [-0.1, -0.05) is 51.2 Å². The Morgan fingerprint density at radius 2 is 1.59 bits per heavy atom. The number of ether oxygens (including phenoxy) is 1. The molecule has 0 saturated heterocycles. The molecule has 1 heterocycles. The van der Waals surface area contributed by atoms with Crippen molar-refractivity contribution in [1.82, 2.24) is 9.55 Å². The summed E-state index contributed by atoms with van der Waals surface area (Å²) in [5.41, 5.74) is 2.01. The van der Waals surface area contributed by atoms with Crippen molar-refractivity contribution in [3.05, 3.63) is 87.2 Å². The fraction of sp³-hybridized carbons (Fsp3) is 0.231. The quantitative estimate of drug-likeness (QED) is 0.354. The number of anilines is 1. The van der Waals surface area contributed by atoms with Gasteiger partial charge < -0.3 is 19.8 Å². The molecule has 0 fully saturated rings. The van der Waals surface area contributed by atoms with Crippen LogP contribution >= 0.6 is 0 Å². The van der Waals surface area contributed by atoms with Gasteiger partial charge in [0.15, 0.2) is 11.2 Å². The Kier molecular flexibility index (Phi) is 9.22. The molecule has 0 amide bonds. The van der Waals surface area contributed by atoms with Gasteiger partial charge in [0.2, 0.25) is 10.0 Å². The van der Waals surface area contributed by atoms with Gasteiger partial charge in [-0.15, -0.1) is 0 Å². The van der Waals surface area contributed by atoms with Gasteiger partial charge in [-0.3, -0.25) is 14.3 Å². The molecule has 0 bridgehead atoms. The molecule has 190 valence electrons. The van der Waals surface area contributed by atoms with Crippen LogP contribution in [0.5, 0.6) is 5.75 Å². The molecule has 37 heavy (non-hydrogen) atoms. The first-order valence-corrected chi connectivity index (χ1v) is 12.8. The van der Waals surface area contributed by atoms with Crippen molar-refractivity contribution in [1.29, 1.82) is 0 Å². The van der Waals surface area contributed by atoms with Crippen LogP contribution in [0.4, 0.5) is 5.69 Å². The standard InChI is InChI=1S/C26H27N3O5S.Na.H2O/c1-26(2,3)22-15-20(29-11-10-23(30)27-25(29)31)14-21(24(22)34-4)18-7-6-17-13-19(28-35(5,32)33)9-8-16(17)12-18;;/h6-15,28H,1-5H3,(H,27,30,31);;1H2/q;+1;/p-1. The molecular formula is C26H28N3NaO6S. The van der Waals surface area contributed by atoms with Crippen molar-refractivity contribution in [3.8, 4) is 22.6 Å². The predicted octanol–water partition coefficient (Wildman–Crippen LogP) is -0.168. The third kappa shape index (κ3) is 6.71. The average Bonchev–Trinajstić information content (AvgIpc) is 2.76. The SMILES string of the molecule is COc1c(-c2ccc3cc(NS(C)(=O)=O)ccc3c2)cc(-n2ccc(=O)[n-]c2=O)cc1C(C)(C)C.O.[Na+]. The maximum atomic E-state index is 12.5. The normalized spacial score (nSPS) is 11.4. The van der Waals surface area contributed by atoms with E-state index < -0.39 is 21.3 Å². The van der Waals surface area contributed by atoms with Gasteiger partial charge in [0, 0.05) is 16.8 Å². The summed E-state index contributed by atoms with van der Waals surface area (Å²) in [6.45, 7) is 6.16. The summed E-state index contributed by atoms with van der Waals surface area (Å²) in [6, 6.07) is 16.1. The average molecular weight is 534 g/mol. The zero-order valence-corrected chi connectivity index (χ0v) is 24.4. The van der Waals surface area contributed by atoms with E-state index in [0.29, 0.717) is 17.1 Å². The first-order valence-electron chi connectivity index (χ1n) is 10.9. The smallest absolute Gasteiger partial charge is 0.496 e. The van der Waals surface area contributed by atoms with E-state index in [2.05, 4.69) is 30.5 Å². The van der Waals surface area contributed by atoms with Crippen LogP contribution in [0.3, 0.4) is 0 Å². The minimum atomic E-state index is -3.38. The molecule has 4 rings (SSSR count). The van der Waals surface area contributed by atoms with Crippen LogP contribution in [0.25, 0.3) is 27.6 Å². The van der Waals surface area contributed by atoms with Gasteiger partial charge in [-0.05, 0) is 57.8 Å². The Hall–Kier alpha value is -2.89. The zero-order valence-electron chi connectivity index (χ0n) is 21.6. The van der Waals surface area contributed by atoms with Crippen LogP contribution < -0.4 is 55.2 Å². The molecule has 0 aliphatic heterocycles. The molecule has 3 N–H and O–H groups in total. The maximum Gasteiger partial charge on any atom is 1.00 e. The monoisotopic (exact) mass is 533 g/mol. The summed E-state index contributed by atoms with van der Waals surface area (Å²) < 4.78 is 32.8. The van der Waals surface area contributed by atoms with E-state index in [4.69, 9.17) is 4.74 Å². The number of sulfonamides is 1. The van der Waals surface area contributed by atoms with Gasteiger partial charge in [0.05, 0.1) is 13.4 Å². The van der Waals surface area contributed by atoms with Gasteiger partial charge in [0.25, 0.3) is 0 Å². The Bertz CT molecular complexity index is 1670. The molecule has 11 heteroatoms. The molecule has 3 aromatic carbocycles. The molecule has 4 aromatic rings. The van der Waals surface area contributed by atoms with E-state index >= 15 is 0 Å². The number of benzene rings is 3. The number of hydrogen-bond donors (Lipinski definition) is 1. The van der Waals surface area contributed by atoms with Gasteiger partial charge >= 0.3 is 29.6 Å². The number of rotatable bonds is 5. The largest absolute Gasteiger partial charge is 1.00 e. The Labute approximate surface area is 237 Å². The van der Waals surface area contributed by atoms with E-state index in [1.54, 1.807) is 19.2 Å². The van der Waals surface area contributed by atoms with E-state index in [1.807, 2.05) is 36.4 Å². The van der Waals surface area contributed by atoms with Gasteiger partial charge in [0.1, 0.15) is 5.75 Å². The second kappa shape index (κ2) is 11.2. The number of fused-ring (bicyclic) bond motifs is 1. The number of nitrogens with zero attached hydrogens (tertiary/aromatic N) is 2. The van der Waals surface area contributed by atoms with Gasteiger partial charge in [-0.2, -0.15) is 0 Å². The van der Waals surface area contributed by atoms with Crippen molar-refractivity contribution in [2.45, 2.75) is 26.2 Å². The van der Waals surface area contributed by atoms with Crippen LogP contribution in [0.2, 0.25) is 0 Å². The minimum Gasteiger partial charge on any atom is -0.496 e. The Morgan fingerprint density at radius 3 is 2.19 bits per heavy atom. The van der Waals surface area contributed by atoms with Crippen LogP contribution in [0, 0.1) is 0 Å². The molecule has 0 unspecified atom stereocenters. The second-order valence-corrected chi connectivity index (χ2v) is 11.1. The third-order valence-corrected chi connectivity index (χ3v) is 6.20. The molecule has 9 nitrogen and oxygen atoms in total. The Balaban J connectivity index is 0.00000241. The first-order chi connectivity index (χ1) is 16.4. The van der Waals surface area contributed by atoms with Crippen LogP contribution in [0.1, 0.15) is 26.3 Å².